The molecule has 0 saturated carbocycles. The molecule has 0 aliphatic carbocycles. The molecule has 0 saturated heterocycles. The molecule has 1 N–H and O–H groups in total. The van der Waals surface area contributed by atoms with Gasteiger partial charge in [0, 0.05) is 55.1 Å². The number of benzene rings is 8. The molecular weight excluding hydrogens is 807 g/mol. The Morgan fingerprint density at radius 2 is 0.877 bits per heavy atom. The number of aromatic amines is 1. The molecular formula is C59H43N5Si. The summed E-state index contributed by atoms with van der Waals surface area (Å²) in [7, 11) is -1.35. The van der Waals surface area contributed by atoms with E-state index in [0.717, 1.165) is 44.9 Å². The highest BCUT2D eigenvalue weighted by Gasteiger charge is 2.24. The predicted molar refractivity (Wildman–Crippen MR) is 276 cm³/mol. The fourth-order valence-corrected chi connectivity index (χ4v) is 12.0. The van der Waals surface area contributed by atoms with Crippen LogP contribution in [0.15, 0.2) is 212 Å². The number of hydrogen-bond donors (Lipinski definition) is 1. The van der Waals surface area contributed by atoms with Gasteiger partial charge >= 0.3 is 0 Å². The molecule has 6 heteroatoms. The lowest BCUT2D eigenvalue weighted by molar-refractivity contribution is 1.18. The fraction of sp³-hybridized carbons (Fsp3) is 0.0339. The Morgan fingerprint density at radius 1 is 0.369 bits per heavy atom. The van der Waals surface area contributed by atoms with Crippen LogP contribution in [0.5, 0.6) is 0 Å². The highest BCUT2D eigenvalue weighted by molar-refractivity contribution is 6.57. The highest BCUT2D eigenvalue weighted by Crippen LogP contribution is 2.42. The Kier molecular flexibility index (Phi) is 8.45. The van der Waals surface area contributed by atoms with Crippen molar-refractivity contribution in [2.75, 3.05) is 0 Å². The Labute approximate surface area is 377 Å². The van der Waals surface area contributed by atoms with Gasteiger partial charge in [-0.2, -0.15) is 0 Å². The molecule has 5 nitrogen and oxygen atoms in total. The van der Waals surface area contributed by atoms with E-state index in [4.69, 9.17) is 4.98 Å². The van der Waals surface area contributed by atoms with Crippen LogP contribution < -0.4 is 0 Å². The quantitative estimate of drug-likeness (QED) is 0.160. The second kappa shape index (κ2) is 14.7. The average Bonchev–Trinajstić information content (AvgIpc) is 4.10. The lowest BCUT2D eigenvalue weighted by Crippen LogP contribution is -2.14. The number of rotatable bonds is 7. The van der Waals surface area contributed by atoms with Gasteiger partial charge in [0.15, 0.2) is 0 Å². The number of H-pyrrole nitrogens is 1. The zero-order valence-electron chi connectivity index (χ0n) is 36.1. The van der Waals surface area contributed by atoms with Gasteiger partial charge in [-0.25, -0.2) is 4.98 Å². The summed E-state index contributed by atoms with van der Waals surface area (Å²) in [5.74, 6) is 0. The van der Waals surface area contributed by atoms with Crippen LogP contribution in [0.4, 0.5) is 0 Å². The van der Waals surface area contributed by atoms with Crippen LogP contribution in [0.2, 0.25) is 13.1 Å². The van der Waals surface area contributed by atoms with Crippen LogP contribution in [0, 0.1) is 0 Å². The molecule has 0 amide bonds. The fourth-order valence-electron chi connectivity index (χ4n) is 10.4. The zero-order valence-corrected chi connectivity index (χ0v) is 37.2. The van der Waals surface area contributed by atoms with E-state index >= 15 is 0 Å². The Bertz CT molecular complexity index is 3980. The van der Waals surface area contributed by atoms with Crippen molar-refractivity contribution in [1.82, 2.24) is 23.3 Å². The molecule has 5 aromatic heterocycles. The zero-order chi connectivity index (χ0) is 43.2. The van der Waals surface area contributed by atoms with Gasteiger partial charge in [-0.3, -0.25) is 0 Å². The lowest BCUT2D eigenvalue weighted by Gasteiger charge is -2.13. The SMILES string of the molecule is C[SiH](C)n1c2cc(-c3ccccc3)ccc2c2c1c1ccccc1n2-c1cccc(-c2cccc(-c3cccc(-n4c5ccccc5c5[nH]c6cc(-c7ccccc7)ccc6c54)c3)n2)c1. The smallest absolute Gasteiger partial charge is 0.140 e. The largest absolute Gasteiger partial charge is 0.369 e. The summed E-state index contributed by atoms with van der Waals surface area (Å²) in [6.45, 7) is 4.86. The first-order chi connectivity index (χ1) is 32.1. The Hall–Kier alpha value is -8.19. The standard InChI is InChI=1S/C59H43N5Si/c1-65(2)64-55-37-41(39-18-7-4-8-19-39)31-33-49(55)58-59(64)48-25-10-12-29-54(48)63(58)45-23-14-21-43(35-45)51-27-15-26-50(60-51)42-20-13-22-44(34-42)62-53-28-11-9-24-47(53)56-57(62)46-32-30-40(36-52(46)61-56)38-16-5-3-6-17-38/h3-37,61,65H,1-2H3. The van der Waals surface area contributed by atoms with Crippen LogP contribution in [-0.4, -0.2) is 32.3 Å². The van der Waals surface area contributed by atoms with Gasteiger partial charge in [-0.15, -0.1) is 0 Å². The summed E-state index contributed by atoms with van der Waals surface area (Å²) in [5, 5.41) is 4.96. The van der Waals surface area contributed by atoms with E-state index in [1.807, 2.05) is 0 Å². The molecule has 0 atom stereocenters. The summed E-state index contributed by atoms with van der Waals surface area (Å²) in [4.78, 5) is 9.19. The molecule has 0 unspecified atom stereocenters. The second-order valence-electron chi connectivity index (χ2n) is 17.4. The molecule has 0 fully saturated rings. The van der Waals surface area contributed by atoms with Crippen LogP contribution in [0.3, 0.4) is 0 Å². The van der Waals surface area contributed by atoms with Gasteiger partial charge in [-0.05, 0) is 82.9 Å². The van der Waals surface area contributed by atoms with Gasteiger partial charge in [0.25, 0.3) is 0 Å². The molecule has 0 bridgehead atoms. The van der Waals surface area contributed by atoms with Crippen molar-refractivity contribution in [2.45, 2.75) is 13.1 Å². The molecule has 0 radical (unpaired) electrons. The number of pyridine rings is 1. The van der Waals surface area contributed by atoms with Crippen molar-refractivity contribution in [3.8, 4) is 56.1 Å². The number of nitrogens with zero attached hydrogens (tertiary/aromatic N) is 4. The van der Waals surface area contributed by atoms with Crippen molar-refractivity contribution in [3.63, 3.8) is 0 Å². The summed E-state index contributed by atoms with van der Waals surface area (Å²) < 4.78 is 7.56. The Morgan fingerprint density at radius 3 is 1.52 bits per heavy atom. The molecule has 0 aliphatic rings. The van der Waals surface area contributed by atoms with Crippen LogP contribution >= 0.6 is 0 Å². The van der Waals surface area contributed by atoms with E-state index in [9.17, 15) is 0 Å². The van der Waals surface area contributed by atoms with Crippen molar-refractivity contribution < 1.29 is 0 Å². The second-order valence-corrected chi connectivity index (χ2v) is 20.2. The number of nitrogens with one attached hydrogen (secondary N) is 1. The highest BCUT2D eigenvalue weighted by atomic mass is 28.3. The summed E-state index contributed by atoms with van der Waals surface area (Å²) in [6.07, 6.45) is 0. The van der Waals surface area contributed by atoms with Crippen LogP contribution in [0.1, 0.15) is 0 Å². The lowest BCUT2D eigenvalue weighted by atomic mass is 10.0. The van der Waals surface area contributed by atoms with E-state index in [1.54, 1.807) is 0 Å². The van der Waals surface area contributed by atoms with Crippen LogP contribution in [0.25, 0.3) is 122 Å². The number of para-hydroxylation sites is 2. The monoisotopic (exact) mass is 849 g/mol. The molecule has 0 aliphatic heterocycles. The van der Waals surface area contributed by atoms with Crippen molar-refractivity contribution in [3.05, 3.63) is 212 Å². The van der Waals surface area contributed by atoms with E-state index in [-0.39, 0.29) is 0 Å². The molecule has 13 rings (SSSR count). The maximum absolute atomic E-state index is 5.38. The third kappa shape index (κ3) is 5.88. The molecule has 13 aromatic rings. The minimum absolute atomic E-state index is 0.932. The van der Waals surface area contributed by atoms with Crippen molar-refractivity contribution >= 4 is 74.6 Å². The molecule has 65 heavy (non-hydrogen) atoms. The summed E-state index contributed by atoms with van der Waals surface area (Å²) >= 11 is 0. The van der Waals surface area contributed by atoms with Gasteiger partial charge in [0.2, 0.25) is 0 Å². The van der Waals surface area contributed by atoms with E-state index in [2.05, 4.69) is 244 Å². The topological polar surface area (TPSA) is 43.5 Å². The molecule has 5 heterocycles. The maximum Gasteiger partial charge on any atom is 0.140 e. The van der Waals surface area contributed by atoms with Gasteiger partial charge in [-0.1, -0.05) is 165 Å². The third-order valence-electron chi connectivity index (χ3n) is 13.3. The third-order valence-corrected chi connectivity index (χ3v) is 14.9. The minimum atomic E-state index is -1.35. The van der Waals surface area contributed by atoms with E-state index in [1.165, 1.54) is 76.9 Å². The van der Waals surface area contributed by atoms with E-state index in [0.29, 0.717) is 0 Å². The van der Waals surface area contributed by atoms with Gasteiger partial charge in [0.1, 0.15) is 8.96 Å². The van der Waals surface area contributed by atoms with Crippen molar-refractivity contribution in [2.24, 2.45) is 0 Å². The molecule has 308 valence electrons. The van der Waals surface area contributed by atoms with Gasteiger partial charge < -0.3 is 18.4 Å². The Balaban J connectivity index is 0.923. The molecule has 8 aromatic carbocycles. The first-order valence-corrected chi connectivity index (χ1v) is 25.3. The maximum atomic E-state index is 5.38. The number of hydrogen-bond acceptors (Lipinski definition) is 1. The summed E-state index contributed by atoms with van der Waals surface area (Å²) in [6, 6.07) is 76.9. The summed E-state index contributed by atoms with van der Waals surface area (Å²) in [5.41, 5.74) is 20.8. The molecule has 0 spiro atoms. The number of aromatic nitrogens is 5. The van der Waals surface area contributed by atoms with Crippen molar-refractivity contribution in [1.29, 1.82) is 0 Å². The minimum Gasteiger partial charge on any atom is -0.369 e. The number of fused-ring (bicyclic) bond motifs is 10. The predicted octanol–water partition coefficient (Wildman–Crippen LogP) is 15.2. The van der Waals surface area contributed by atoms with E-state index < -0.39 is 8.96 Å². The van der Waals surface area contributed by atoms with Gasteiger partial charge in [0.05, 0.1) is 44.5 Å². The first kappa shape index (κ1) is 37.4. The normalized spacial score (nSPS) is 12.0. The average molecular weight is 850 g/mol. The van der Waals surface area contributed by atoms with Crippen LogP contribution in [-0.2, 0) is 0 Å². The first-order valence-electron chi connectivity index (χ1n) is 22.5.